The molecule has 2 rings (SSSR count). The minimum absolute atomic E-state index is 0.0100. The third kappa shape index (κ3) is 3.53. The summed E-state index contributed by atoms with van der Waals surface area (Å²) < 4.78 is 0. The molecular weight excluding hydrogens is 262 g/mol. The number of carbonyl (C=O) groups excluding carboxylic acids is 2. The van der Waals surface area contributed by atoms with Gasteiger partial charge in [0.15, 0.2) is 5.82 Å². The summed E-state index contributed by atoms with van der Waals surface area (Å²) >= 11 is 0. The molecule has 8 nitrogen and oxygen atoms in total. The van der Waals surface area contributed by atoms with Crippen LogP contribution >= 0.6 is 0 Å². The summed E-state index contributed by atoms with van der Waals surface area (Å²) in [5, 5.41) is 19.7. The van der Waals surface area contributed by atoms with Crippen molar-refractivity contribution in [1.29, 1.82) is 0 Å². The van der Waals surface area contributed by atoms with Crippen molar-refractivity contribution in [1.82, 2.24) is 19.9 Å². The highest BCUT2D eigenvalue weighted by Crippen LogP contribution is 2.17. The Morgan fingerprint density at radius 1 is 1.50 bits per heavy atom. The zero-order chi connectivity index (χ0) is 14.5. The van der Waals surface area contributed by atoms with Gasteiger partial charge in [0, 0.05) is 13.5 Å². The lowest BCUT2D eigenvalue weighted by atomic mass is 10.0. The Morgan fingerprint density at radius 2 is 2.30 bits per heavy atom. The van der Waals surface area contributed by atoms with Crippen LogP contribution in [0.25, 0.3) is 0 Å². The largest absolute Gasteiger partial charge is 0.394 e. The van der Waals surface area contributed by atoms with Crippen LogP contribution in [0.3, 0.4) is 0 Å². The van der Waals surface area contributed by atoms with E-state index in [4.69, 9.17) is 0 Å². The summed E-state index contributed by atoms with van der Waals surface area (Å²) in [6.45, 7) is 2.03. The minimum Gasteiger partial charge on any atom is -0.394 e. The highest BCUT2D eigenvalue weighted by molar-refractivity contribution is 5.87. The van der Waals surface area contributed by atoms with Gasteiger partial charge in [0.1, 0.15) is 6.54 Å². The van der Waals surface area contributed by atoms with Crippen LogP contribution in [-0.4, -0.2) is 56.0 Å². The summed E-state index contributed by atoms with van der Waals surface area (Å²) in [5.41, 5.74) is 0. The van der Waals surface area contributed by atoms with Gasteiger partial charge in [-0.2, -0.15) is 9.90 Å². The Kier molecular flexibility index (Phi) is 4.67. The quantitative estimate of drug-likeness (QED) is 0.783. The number of hydrogen-bond acceptors (Lipinski definition) is 5. The number of rotatable bonds is 4. The molecule has 1 saturated heterocycles. The first-order valence-corrected chi connectivity index (χ1v) is 6.68. The Balaban J connectivity index is 1.96. The van der Waals surface area contributed by atoms with Crippen LogP contribution in [0.5, 0.6) is 0 Å². The van der Waals surface area contributed by atoms with E-state index >= 15 is 0 Å². The molecule has 8 heteroatoms. The first kappa shape index (κ1) is 14.4. The molecule has 2 amide bonds. The Morgan fingerprint density at radius 3 is 3.00 bits per heavy atom. The lowest BCUT2D eigenvalue weighted by Gasteiger charge is -2.34. The van der Waals surface area contributed by atoms with Crippen molar-refractivity contribution in [3.8, 4) is 0 Å². The summed E-state index contributed by atoms with van der Waals surface area (Å²) in [5.74, 6) is -0.0314. The van der Waals surface area contributed by atoms with Gasteiger partial charge in [-0.1, -0.05) is 0 Å². The van der Waals surface area contributed by atoms with Gasteiger partial charge in [-0.05, 0) is 19.3 Å². The number of amides is 2. The number of anilines is 1. The maximum absolute atomic E-state index is 12.2. The van der Waals surface area contributed by atoms with Crippen LogP contribution in [-0.2, 0) is 16.1 Å². The molecule has 1 aromatic rings. The molecule has 1 atom stereocenters. The van der Waals surface area contributed by atoms with Gasteiger partial charge in [0.25, 0.3) is 0 Å². The molecule has 1 unspecified atom stereocenters. The topological polar surface area (TPSA) is 100 Å². The fourth-order valence-corrected chi connectivity index (χ4v) is 2.34. The molecule has 0 bridgehead atoms. The predicted molar refractivity (Wildman–Crippen MR) is 70.8 cm³/mol. The molecule has 1 aliphatic heterocycles. The van der Waals surface area contributed by atoms with E-state index in [1.54, 1.807) is 4.90 Å². The van der Waals surface area contributed by atoms with Crippen LogP contribution in [0.15, 0.2) is 6.20 Å². The van der Waals surface area contributed by atoms with Gasteiger partial charge in [0.05, 0.1) is 18.8 Å². The molecule has 0 radical (unpaired) electrons. The maximum Gasteiger partial charge on any atom is 0.246 e. The molecule has 1 aromatic heterocycles. The lowest BCUT2D eigenvalue weighted by molar-refractivity contribution is -0.137. The standard InChI is InChI=1S/C12H19N5O3/c1-9(19)14-11-6-13-17(15-11)7-12(20)16-5-3-2-4-10(16)8-18/h6,10,18H,2-5,7-8H2,1H3,(H,14,15,19). The zero-order valence-electron chi connectivity index (χ0n) is 11.4. The molecule has 0 saturated carbocycles. The van der Waals surface area contributed by atoms with Crippen molar-refractivity contribution in [2.75, 3.05) is 18.5 Å². The van der Waals surface area contributed by atoms with Gasteiger partial charge in [0.2, 0.25) is 11.8 Å². The summed E-state index contributed by atoms with van der Waals surface area (Å²) in [4.78, 5) is 26.0. The fourth-order valence-electron chi connectivity index (χ4n) is 2.34. The van der Waals surface area contributed by atoms with Crippen molar-refractivity contribution >= 4 is 17.6 Å². The number of nitrogens with zero attached hydrogens (tertiary/aromatic N) is 4. The number of nitrogens with one attached hydrogen (secondary N) is 1. The van der Waals surface area contributed by atoms with Gasteiger partial charge in [-0.25, -0.2) is 0 Å². The second kappa shape index (κ2) is 6.47. The average molecular weight is 281 g/mol. The normalized spacial score (nSPS) is 18.9. The first-order valence-electron chi connectivity index (χ1n) is 6.68. The first-order chi connectivity index (χ1) is 9.60. The summed E-state index contributed by atoms with van der Waals surface area (Å²) in [7, 11) is 0. The van der Waals surface area contributed by atoms with Gasteiger partial charge in [-0.15, -0.1) is 5.10 Å². The molecule has 0 aliphatic carbocycles. The summed E-state index contributed by atoms with van der Waals surface area (Å²) in [6.07, 6.45) is 4.20. The third-order valence-corrected chi connectivity index (χ3v) is 3.28. The van der Waals surface area contributed by atoms with Crippen LogP contribution < -0.4 is 5.32 Å². The Labute approximate surface area is 116 Å². The van der Waals surface area contributed by atoms with E-state index in [9.17, 15) is 14.7 Å². The van der Waals surface area contributed by atoms with Crippen molar-refractivity contribution in [2.24, 2.45) is 0 Å². The lowest BCUT2D eigenvalue weighted by Crippen LogP contribution is -2.47. The van der Waals surface area contributed by atoms with E-state index in [2.05, 4.69) is 15.5 Å². The fraction of sp³-hybridized carbons (Fsp3) is 0.667. The molecule has 1 aliphatic rings. The Hall–Kier alpha value is -1.96. The van der Waals surface area contributed by atoms with E-state index in [-0.39, 0.29) is 31.0 Å². The van der Waals surface area contributed by atoms with Gasteiger partial charge in [-0.3, -0.25) is 9.59 Å². The number of aromatic nitrogens is 3. The number of aliphatic hydroxyl groups is 1. The van der Waals surface area contributed by atoms with E-state index in [1.165, 1.54) is 17.9 Å². The second-order valence-electron chi connectivity index (χ2n) is 4.86. The SMILES string of the molecule is CC(=O)Nc1cnn(CC(=O)N2CCCCC2CO)n1. The van der Waals surface area contributed by atoms with E-state index in [1.807, 2.05) is 0 Å². The second-order valence-corrected chi connectivity index (χ2v) is 4.86. The number of aliphatic hydroxyl groups excluding tert-OH is 1. The van der Waals surface area contributed by atoms with Crippen molar-refractivity contribution < 1.29 is 14.7 Å². The molecule has 0 aromatic carbocycles. The highest BCUT2D eigenvalue weighted by atomic mass is 16.3. The molecule has 0 spiro atoms. The average Bonchev–Trinajstić information content (AvgIpc) is 2.85. The van der Waals surface area contributed by atoms with Gasteiger partial charge < -0.3 is 15.3 Å². The van der Waals surface area contributed by atoms with E-state index < -0.39 is 0 Å². The molecule has 110 valence electrons. The maximum atomic E-state index is 12.2. The number of carbonyl (C=O) groups is 2. The number of likely N-dealkylation sites (tertiary alicyclic amines) is 1. The zero-order valence-corrected chi connectivity index (χ0v) is 11.4. The van der Waals surface area contributed by atoms with Crippen LogP contribution in [0.1, 0.15) is 26.2 Å². The van der Waals surface area contributed by atoms with Crippen LogP contribution in [0.4, 0.5) is 5.82 Å². The molecule has 20 heavy (non-hydrogen) atoms. The highest BCUT2D eigenvalue weighted by Gasteiger charge is 2.26. The third-order valence-electron chi connectivity index (χ3n) is 3.28. The van der Waals surface area contributed by atoms with Crippen molar-refractivity contribution in [3.05, 3.63) is 6.20 Å². The van der Waals surface area contributed by atoms with Crippen LogP contribution in [0, 0.1) is 0 Å². The van der Waals surface area contributed by atoms with E-state index in [0.29, 0.717) is 12.4 Å². The predicted octanol–water partition coefficient (Wildman–Crippen LogP) is -0.390. The Bertz CT molecular complexity index is 487. The van der Waals surface area contributed by atoms with Crippen molar-refractivity contribution in [2.45, 2.75) is 38.8 Å². The van der Waals surface area contributed by atoms with Crippen molar-refractivity contribution in [3.63, 3.8) is 0 Å². The number of hydrogen-bond donors (Lipinski definition) is 2. The monoisotopic (exact) mass is 281 g/mol. The number of piperidine rings is 1. The van der Waals surface area contributed by atoms with E-state index in [0.717, 1.165) is 19.3 Å². The molecule has 2 N–H and O–H groups in total. The minimum atomic E-state index is -0.236. The van der Waals surface area contributed by atoms with Crippen LogP contribution in [0.2, 0.25) is 0 Å². The smallest absolute Gasteiger partial charge is 0.246 e. The molecular formula is C12H19N5O3. The summed E-state index contributed by atoms with van der Waals surface area (Å²) in [6, 6.07) is -0.110. The molecule has 1 fully saturated rings. The van der Waals surface area contributed by atoms with Gasteiger partial charge >= 0.3 is 0 Å². The molecule has 2 heterocycles.